The number of ether oxygens (including phenoxy) is 1. The molecule has 2 aromatic rings. The molecule has 6 nitrogen and oxygen atoms in total. The summed E-state index contributed by atoms with van der Waals surface area (Å²) in [6.45, 7) is 9.34. The third kappa shape index (κ3) is 6.04. The van der Waals surface area contributed by atoms with Crippen molar-refractivity contribution in [3.8, 4) is 0 Å². The summed E-state index contributed by atoms with van der Waals surface area (Å²) in [4.78, 5) is 29.3. The summed E-state index contributed by atoms with van der Waals surface area (Å²) in [7, 11) is 0. The molecule has 7 heteroatoms. The van der Waals surface area contributed by atoms with E-state index in [1.807, 2.05) is 56.9 Å². The number of anilines is 1. The van der Waals surface area contributed by atoms with Crippen molar-refractivity contribution < 1.29 is 18.7 Å². The van der Waals surface area contributed by atoms with E-state index in [2.05, 4.69) is 5.32 Å². The molecule has 2 aromatic carbocycles. The van der Waals surface area contributed by atoms with Gasteiger partial charge in [0.05, 0.1) is 0 Å². The minimum absolute atomic E-state index is 0.188. The van der Waals surface area contributed by atoms with Crippen molar-refractivity contribution in [2.75, 3.05) is 31.5 Å². The second-order valence-electron chi connectivity index (χ2n) is 8.76. The zero-order valence-electron chi connectivity index (χ0n) is 18.5. The quantitative estimate of drug-likeness (QED) is 0.787. The first-order chi connectivity index (χ1) is 14.6. The van der Waals surface area contributed by atoms with Crippen LogP contribution in [0.2, 0.25) is 0 Å². The number of rotatable bonds is 4. The van der Waals surface area contributed by atoms with Crippen LogP contribution in [-0.2, 0) is 9.53 Å². The predicted octanol–water partition coefficient (Wildman–Crippen LogP) is 4.37. The van der Waals surface area contributed by atoms with Gasteiger partial charge in [-0.15, -0.1) is 0 Å². The van der Waals surface area contributed by atoms with Crippen LogP contribution in [0.25, 0.3) is 0 Å². The number of piperazine rings is 1. The molecule has 0 aliphatic carbocycles. The van der Waals surface area contributed by atoms with Gasteiger partial charge in [0, 0.05) is 31.9 Å². The summed E-state index contributed by atoms with van der Waals surface area (Å²) in [5.74, 6) is -0.539. The fraction of sp³-hybridized carbons (Fsp3) is 0.417. The van der Waals surface area contributed by atoms with Crippen molar-refractivity contribution in [2.45, 2.75) is 39.3 Å². The molecule has 1 unspecified atom stereocenters. The third-order valence-electron chi connectivity index (χ3n) is 5.17. The Bertz CT molecular complexity index is 916. The Morgan fingerprint density at radius 3 is 2.19 bits per heavy atom. The topological polar surface area (TPSA) is 61.9 Å². The molecule has 0 saturated carbocycles. The third-order valence-corrected chi connectivity index (χ3v) is 5.17. The minimum atomic E-state index is -0.596. The zero-order chi connectivity index (χ0) is 22.6. The Kier molecular flexibility index (Phi) is 6.95. The van der Waals surface area contributed by atoms with Crippen LogP contribution in [0.1, 0.15) is 37.9 Å². The van der Waals surface area contributed by atoms with Gasteiger partial charge in [-0.3, -0.25) is 9.69 Å². The van der Waals surface area contributed by atoms with Crippen LogP contribution in [0.5, 0.6) is 0 Å². The number of amides is 2. The number of para-hydroxylation sites is 1. The van der Waals surface area contributed by atoms with E-state index in [1.54, 1.807) is 17.0 Å². The fourth-order valence-electron chi connectivity index (χ4n) is 3.58. The average molecular weight is 428 g/mol. The molecule has 3 rings (SSSR count). The van der Waals surface area contributed by atoms with E-state index in [0.717, 1.165) is 11.3 Å². The standard InChI is InChI=1S/C24H30FN3O3/c1-17-7-5-6-8-20(17)26-22(29)21(18-9-11-19(25)12-10-18)27-13-15-28(16-14-27)23(30)31-24(2,3)4/h5-12,21H,13-16H2,1-4H3,(H,26,29). The molecule has 1 aliphatic heterocycles. The number of aryl methyl sites for hydroxylation is 1. The molecule has 1 saturated heterocycles. The van der Waals surface area contributed by atoms with Crippen molar-refractivity contribution in [1.29, 1.82) is 0 Å². The number of nitrogens with one attached hydrogen (secondary N) is 1. The van der Waals surface area contributed by atoms with Crippen molar-refractivity contribution in [2.24, 2.45) is 0 Å². The lowest BCUT2D eigenvalue weighted by Gasteiger charge is -2.39. The van der Waals surface area contributed by atoms with E-state index in [0.29, 0.717) is 31.7 Å². The Hall–Kier alpha value is -2.93. The monoisotopic (exact) mass is 427 g/mol. The Balaban J connectivity index is 1.76. The maximum Gasteiger partial charge on any atom is 0.410 e. The first-order valence-corrected chi connectivity index (χ1v) is 10.5. The first kappa shape index (κ1) is 22.7. The molecule has 166 valence electrons. The summed E-state index contributed by atoms with van der Waals surface area (Å²) in [5.41, 5.74) is 1.85. The molecule has 0 bridgehead atoms. The maximum absolute atomic E-state index is 13.5. The van der Waals surface area contributed by atoms with Gasteiger partial charge in [0.15, 0.2) is 0 Å². The smallest absolute Gasteiger partial charge is 0.410 e. The SMILES string of the molecule is Cc1ccccc1NC(=O)C(c1ccc(F)cc1)N1CCN(C(=O)OC(C)(C)C)CC1. The Morgan fingerprint density at radius 1 is 1.00 bits per heavy atom. The molecular formula is C24H30FN3O3. The molecule has 1 fully saturated rings. The van der Waals surface area contributed by atoms with Gasteiger partial charge in [-0.2, -0.15) is 0 Å². The highest BCUT2D eigenvalue weighted by atomic mass is 19.1. The normalized spacial score (nSPS) is 16.0. The minimum Gasteiger partial charge on any atom is -0.444 e. The van der Waals surface area contributed by atoms with Gasteiger partial charge < -0.3 is 15.0 Å². The lowest BCUT2D eigenvalue weighted by molar-refractivity contribution is -0.122. The van der Waals surface area contributed by atoms with Gasteiger partial charge in [-0.1, -0.05) is 30.3 Å². The lowest BCUT2D eigenvalue weighted by atomic mass is 10.0. The molecule has 2 amide bonds. The van der Waals surface area contributed by atoms with Crippen LogP contribution >= 0.6 is 0 Å². The Labute approximate surface area is 183 Å². The van der Waals surface area contributed by atoms with Crippen LogP contribution in [-0.4, -0.2) is 53.6 Å². The number of carbonyl (C=O) groups is 2. The molecular weight excluding hydrogens is 397 g/mol. The summed E-state index contributed by atoms with van der Waals surface area (Å²) in [6, 6.07) is 13.0. The molecule has 0 spiro atoms. The van der Waals surface area contributed by atoms with Crippen LogP contribution in [0.3, 0.4) is 0 Å². The van der Waals surface area contributed by atoms with Gasteiger partial charge >= 0.3 is 6.09 Å². The van der Waals surface area contributed by atoms with Crippen LogP contribution in [0.4, 0.5) is 14.9 Å². The summed E-state index contributed by atoms with van der Waals surface area (Å²) >= 11 is 0. The second-order valence-corrected chi connectivity index (χ2v) is 8.76. The van der Waals surface area contributed by atoms with Crippen molar-refractivity contribution in [3.05, 3.63) is 65.5 Å². The number of halogens is 1. The van der Waals surface area contributed by atoms with E-state index < -0.39 is 11.6 Å². The van der Waals surface area contributed by atoms with E-state index in [9.17, 15) is 14.0 Å². The second kappa shape index (κ2) is 9.47. The summed E-state index contributed by atoms with van der Waals surface area (Å²) < 4.78 is 19.0. The highest BCUT2D eigenvalue weighted by Gasteiger charge is 2.33. The molecule has 1 atom stereocenters. The first-order valence-electron chi connectivity index (χ1n) is 10.5. The average Bonchev–Trinajstić information content (AvgIpc) is 2.70. The Morgan fingerprint density at radius 2 is 1.61 bits per heavy atom. The molecule has 31 heavy (non-hydrogen) atoms. The van der Waals surface area contributed by atoms with E-state index >= 15 is 0 Å². The number of hydrogen-bond donors (Lipinski definition) is 1. The van der Waals surface area contributed by atoms with Gasteiger partial charge in [-0.25, -0.2) is 9.18 Å². The highest BCUT2D eigenvalue weighted by Crippen LogP contribution is 2.26. The summed E-state index contributed by atoms with van der Waals surface area (Å²) in [6.07, 6.45) is -0.352. The molecule has 1 aliphatic rings. The number of carbonyl (C=O) groups excluding carboxylic acids is 2. The van der Waals surface area contributed by atoms with Crippen molar-refractivity contribution in [3.63, 3.8) is 0 Å². The van der Waals surface area contributed by atoms with Gasteiger partial charge in [0.2, 0.25) is 5.91 Å². The maximum atomic E-state index is 13.5. The number of benzene rings is 2. The van der Waals surface area contributed by atoms with Crippen molar-refractivity contribution in [1.82, 2.24) is 9.80 Å². The van der Waals surface area contributed by atoms with Gasteiger partial charge in [0.1, 0.15) is 17.5 Å². The van der Waals surface area contributed by atoms with Gasteiger partial charge in [-0.05, 0) is 57.0 Å². The van der Waals surface area contributed by atoms with Crippen LogP contribution in [0, 0.1) is 12.7 Å². The zero-order valence-corrected chi connectivity index (χ0v) is 18.5. The highest BCUT2D eigenvalue weighted by molar-refractivity contribution is 5.96. The van der Waals surface area contributed by atoms with Crippen molar-refractivity contribution >= 4 is 17.7 Å². The van der Waals surface area contributed by atoms with E-state index in [4.69, 9.17) is 4.74 Å². The van der Waals surface area contributed by atoms with Crippen LogP contribution in [0.15, 0.2) is 48.5 Å². The predicted molar refractivity (Wildman–Crippen MR) is 118 cm³/mol. The number of nitrogens with zero attached hydrogens (tertiary/aromatic N) is 2. The molecule has 0 radical (unpaired) electrons. The van der Waals surface area contributed by atoms with E-state index in [-0.39, 0.29) is 17.8 Å². The largest absolute Gasteiger partial charge is 0.444 e. The van der Waals surface area contributed by atoms with Crippen LogP contribution < -0.4 is 5.32 Å². The lowest BCUT2D eigenvalue weighted by Crippen LogP contribution is -2.52. The fourth-order valence-corrected chi connectivity index (χ4v) is 3.58. The molecule has 1 heterocycles. The molecule has 1 N–H and O–H groups in total. The molecule has 0 aromatic heterocycles. The number of hydrogen-bond acceptors (Lipinski definition) is 4. The summed E-state index contributed by atoms with van der Waals surface area (Å²) in [5, 5.41) is 3.01. The van der Waals surface area contributed by atoms with E-state index in [1.165, 1.54) is 12.1 Å². The van der Waals surface area contributed by atoms with Gasteiger partial charge in [0.25, 0.3) is 0 Å².